The van der Waals surface area contributed by atoms with Crippen molar-refractivity contribution in [3.05, 3.63) is 246 Å². The molecule has 12 heteroatoms. The molecule has 3 nitrogen and oxygen atoms in total. The number of hydrogen-bond donors (Lipinski definition) is 0. The predicted octanol–water partition coefficient (Wildman–Crippen LogP) is 21.0. The molecule has 0 saturated carbocycles. The van der Waals surface area contributed by atoms with E-state index in [9.17, 15) is 0 Å². The molecule has 0 aliphatic carbocycles. The van der Waals surface area contributed by atoms with Gasteiger partial charge in [-0.1, -0.05) is 114 Å². The minimum atomic E-state index is -1.58. The maximum absolute atomic E-state index is 5.97. The Kier molecular flexibility index (Phi) is 81.5. The molecule has 0 fully saturated rings. The molecule has 0 N–H and O–H groups in total. The van der Waals surface area contributed by atoms with Gasteiger partial charge in [0, 0.05) is 0 Å². The molecule has 0 bridgehead atoms. The van der Waals surface area contributed by atoms with E-state index >= 15 is 0 Å². The van der Waals surface area contributed by atoms with Crippen LogP contribution in [0.1, 0.15) is 64.3 Å². The first-order valence-corrected chi connectivity index (χ1v) is 39.6. The quantitative estimate of drug-likeness (QED) is 0.126. The van der Waals surface area contributed by atoms with Crippen LogP contribution in [-0.2, 0) is 70.8 Å². The Balaban J connectivity index is -0.0000000414. The Hall–Kier alpha value is -0.849. The van der Waals surface area contributed by atoms with Crippen molar-refractivity contribution in [1.29, 1.82) is 0 Å². The summed E-state index contributed by atoms with van der Waals surface area (Å²) in [6, 6.07) is 20.7. The number of benzene rings is 3. The molecule has 0 aromatic heterocycles. The molecule has 0 aliphatic heterocycles. The van der Waals surface area contributed by atoms with Gasteiger partial charge in [0.2, 0.25) is 0 Å². The zero-order valence-corrected chi connectivity index (χ0v) is 64.6. The Labute approximate surface area is 508 Å². The molecule has 73 heavy (non-hydrogen) atoms. The van der Waals surface area contributed by atoms with E-state index in [4.69, 9.17) is 12.3 Å². The first kappa shape index (κ1) is 112. The van der Waals surface area contributed by atoms with Gasteiger partial charge in [-0.3, -0.25) is 0 Å². The van der Waals surface area contributed by atoms with Crippen LogP contribution >= 0.6 is 0 Å². The Morgan fingerprint density at radius 2 is 0.452 bits per heavy atom. The number of hydrogen-bond acceptors (Lipinski definition) is 3. The van der Waals surface area contributed by atoms with Crippen LogP contribution in [-0.4, -0.2) is 49.9 Å². The van der Waals surface area contributed by atoms with Crippen molar-refractivity contribution >= 4 is 49.9 Å². The van der Waals surface area contributed by atoms with Gasteiger partial charge >= 0.3 is 58.4 Å². The van der Waals surface area contributed by atoms with Crippen LogP contribution in [0.5, 0.6) is 0 Å². The molecule has 429 valence electrons. The third-order valence-electron chi connectivity index (χ3n) is 10.3. The summed E-state index contributed by atoms with van der Waals surface area (Å²) in [7, 11) is -9.48. The van der Waals surface area contributed by atoms with E-state index in [1.807, 2.05) is 70.6 Å². The Morgan fingerprint density at radius 3 is 0.562 bits per heavy atom. The van der Waals surface area contributed by atoms with Gasteiger partial charge in [0.25, 0.3) is 0 Å². The van der Waals surface area contributed by atoms with E-state index in [0.717, 1.165) is 0 Å². The van der Waals surface area contributed by atoms with Gasteiger partial charge in [0.05, 0.1) is 0 Å². The molecule has 3 radical (unpaired) electrons. The van der Waals surface area contributed by atoms with Crippen LogP contribution in [0.4, 0.5) is 0 Å². The zero-order valence-electron chi connectivity index (χ0n) is 53.3. The minimum Gasteiger partial charge on any atom is -0.449 e. The largest absolute Gasteiger partial charge is 3.00 e. The van der Waals surface area contributed by atoms with Crippen molar-refractivity contribution in [2.45, 2.75) is 147 Å². The van der Waals surface area contributed by atoms with Crippen molar-refractivity contribution < 1.29 is 70.8 Å². The van der Waals surface area contributed by atoms with E-state index in [1.165, 1.54) is 44.5 Å². The average Bonchev–Trinajstić information content (AvgIpc) is 3.19. The zero-order chi connectivity index (χ0) is 48.6. The second-order valence-electron chi connectivity index (χ2n) is 19.1. The summed E-state index contributed by atoms with van der Waals surface area (Å²) in [6.07, 6.45) is 0. The molecule has 3 aromatic rings. The monoisotopic (exact) mass is 1370 g/mol. The maximum atomic E-state index is 5.97. The van der Waals surface area contributed by atoms with Gasteiger partial charge in [-0.25, -0.2) is 0 Å². The van der Waals surface area contributed by atoms with Gasteiger partial charge in [-0.2, -0.15) is 0 Å². The molecule has 0 aliphatic rings. The summed E-state index contributed by atoms with van der Waals surface area (Å²) in [5, 5.41) is 0. The molecule has 3 rings (SSSR count). The van der Waals surface area contributed by atoms with Crippen LogP contribution in [0.15, 0.2) is 134 Å². The van der Waals surface area contributed by atoms with Gasteiger partial charge in [0.1, 0.15) is 0 Å². The number of aryl methyl sites for hydroxylation is 1. The fourth-order valence-corrected chi connectivity index (χ4v) is 23.6. The summed E-state index contributed by atoms with van der Waals surface area (Å²) in [5.74, 6) is 0.653. The minimum absolute atomic E-state index is 0. The molecule has 0 atom stereocenters. The second-order valence-corrected chi connectivity index (χ2v) is 43.3. The molecule has 0 spiro atoms. The van der Waals surface area contributed by atoms with E-state index in [-0.39, 0.29) is 125 Å². The standard InChI is InChI=1S/C12H18.C10H14.3C8H18OSi2.C6H6.9CH3.3Ru/c1-7-8(2)10(4)12(6)11(5)9(7)3;1-8(2)10-6-4-9(3)5-7-10;3*1-7-10(3,4)9-11(5,6)8-2;1-2-4-6-5-3-1;;;;;;;;;;;;/h1-6H3;4-8H,1-3H3;3*7-8H,1-2H2,3-6H3;1-6H;9*1H3;;;/q;;;;;;9*-1;3*+3. The Bertz CT molecular complexity index is 1510. The van der Waals surface area contributed by atoms with Crippen molar-refractivity contribution in [3.8, 4) is 0 Å². The molecule has 0 heterocycles. The molecule has 3 aromatic carbocycles. The normalized spacial score (nSPS) is 9.56. The molecule has 0 unspecified atom stereocenters. The van der Waals surface area contributed by atoms with Crippen LogP contribution in [0.25, 0.3) is 0 Å². The van der Waals surface area contributed by atoms with Crippen LogP contribution in [0.2, 0.25) is 78.6 Å². The fourth-order valence-electron chi connectivity index (χ4n) is 5.31. The van der Waals surface area contributed by atoms with Crippen molar-refractivity contribution in [3.63, 3.8) is 0 Å². The molecular weight excluding hydrogens is 1250 g/mol. The van der Waals surface area contributed by atoms with Crippen LogP contribution in [0, 0.1) is 115 Å². The summed E-state index contributed by atoms with van der Waals surface area (Å²) < 4.78 is 17.9. The van der Waals surface area contributed by atoms with Crippen LogP contribution in [0.3, 0.4) is 0 Å². The Morgan fingerprint density at radius 1 is 0.315 bits per heavy atom. The van der Waals surface area contributed by atoms with E-state index in [0.29, 0.717) is 5.92 Å². The van der Waals surface area contributed by atoms with Crippen LogP contribution < -0.4 is 0 Å². The van der Waals surface area contributed by atoms with E-state index < -0.39 is 49.9 Å². The molecule has 0 saturated heterocycles. The average molecular weight is 1370 g/mol. The SMILES string of the molecule is C=C[Si](C)(C)O[Si](C)(C)C=C.C=C[Si](C)(C)O[Si](C)(C)C=C.C=C[Si](C)(C)O[Si](C)(C)C=C.Cc1c(C)c(C)c(C)c(C)c1C.Cc1ccc(C(C)C)cc1.[CH3-].[CH3-].[CH3-].[CH3-].[CH3-].[CH3-].[CH3-].[CH3-].[CH3-].[Ru+3].[Ru+3].[Ru+3].c1ccccc1. The van der Waals surface area contributed by atoms with Gasteiger partial charge in [-0.05, 0) is 172 Å². The fraction of sp³-hybridized carbons (Fsp3) is 0.361. The third kappa shape index (κ3) is 54.3. The second kappa shape index (κ2) is 53.2. The topological polar surface area (TPSA) is 27.7 Å². The molecule has 0 amide bonds. The molecular formula is C61H119O3Ru3Si6. The third-order valence-corrected chi connectivity index (χ3v) is 28.8. The van der Waals surface area contributed by atoms with Crippen molar-refractivity contribution in [1.82, 2.24) is 0 Å². The first-order valence-electron chi connectivity index (χ1n) is 21.7. The van der Waals surface area contributed by atoms with Crippen molar-refractivity contribution in [2.24, 2.45) is 0 Å². The van der Waals surface area contributed by atoms with Gasteiger partial charge in [-0.15, -0.1) is 39.5 Å². The van der Waals surface area contributed by atoms with E-state index in [1.54, 1.807) is 0 Å². The number of rotatable bonds is 13. The smallest absolute Gasteiger partial charge is 0.449 e. The first-order chi connectivity index (χ1) is 27.6. The summed E-state index contributed by atoms with van der Waals surface area (Å²) >= 11 is 0. The predicted molar refractivity (Wildman–Crippen MR) is 354 cm³/mol. The van der Waals surface area contributed by atoms with Crippen molar-refractivity contribution in [2.75, 3.05) is 0 Å². The van der Waals surface area contributed by atoms with E-state index in [2.05, 4.69) is 205 Å². The summed E-state index contributed by atoms with van der Waals surface area (Å²) in [6.45, 7) is 68.3. The summed E-state index contributed by atoms with van der Waals surface area (Å²) in [4.78, 5) is 0. The summed E-state index contributed by atoms with van der Waals surface area (Å²) in [5.41, 5.74) is 23.3. The maximum Gasteiger partial charge on any atom is 3.00 e. The van der Waals surface area contributed by atoms with Gasteiger partial charge < -0.3 is 79.2 Å². The van der Waals surface area contributed by atoms with Gasteiger partial charge in [0.15, 0.2) is 49.9 Å².